The van der Waals surface area contributed by atoms with Gasteiger partial charge in [0.1, 0.15) is 18.2 Å². The van der Waals surface area contributed by atoms with E-state index < -0.39 is 53.7 Å². The first kappa shape index (κ1) is 31.4. The summed E-state index contributed by atoms with van der Waals surface area (Å²) >= 11 is 0. The average Bonchev–Trinajstić information content (AvgIpc) is 3.41. The topological polar surface area (TPSA) is 77.5 Å². The Bertz CT molecular complexity index is 1580. The van der Waals surface area contributed by atoms with Gasteiger partial charge in [-0.15, -0.1) is 0 Å². The number of amides is 1. The Morgan fingerprint density at radius 1 is 0.953 bits per heavy atom. The number of halogens is 8. The molecule has 43 heavy (non-hydrogen) atoms. The number of hydrogen-bond donors (Lipinski definition) is 1. The fraction of sp³-hybridized carbons (Fsp3) is 0.276. The summed E-state index contributed by atoms with van der Waals surface area (Å²) in [5.74, 6) is -5.30. The van der Waals surface area contributed by atoms with Gasteiger partial charge in [0.2, 0.25) is 5.88 Å². The van der Waals surface area contributed by atoms with E-state index in [-0.39, 0.29) is 53.2 Å². The molecule has 0 saturated heterocycles. The van der Waals surface area contributed by atoms with Crippen molar-refractivity contribution in [3.05, 3.63) is 88.1 Å². The van der Waals surface area contributed by atoms with E-state index in [0.717, 1.165) is 30.3 Å². The molecule has 14 heteroatoms. The Labute approximate surface area is 239 Å². The van der Waals surface area contributed by atoms with Gasteiger partial charge in [0.05, 0.1) is 17.7 Å². The van der Waals surface area contributed by atoms with Crippen molar-refractivity contribution in [2.75, 3.05) is 11.9 Å². The molecule has 0 radical (unpaired) electrons. The first-order valence-electron chi connectivity index (χ1n) is 12.7. The lowest BCUT2D eigenvalue weighted by molar-refractivity contribution is -0.167. The minimum atomic E-state index is -5.24. The number of aromatic nitrogens is 1. The third-order valence-corrected chi connectivity index (χ3v) is 6.41. The second-order valence-corrected chi connectivity index (χ2v) is 9.38. The normalized spacial score (nSPS) is 13.7. The van der Waals surface area contributed by atoms with Crippen molar-refractivity contribution in [2.24, 2.45) is 0 Å². The van der Waals surface area contributed by atoms with E-state index in [1.165, 1.54) is 13.0 Å². The molecule has 0 aliphatic heterocycles. The van der Waals surface area contributed by atoms with Crippen molar-refractivity contribution >= 4 is 28.7 Å². The molecule has 0 unspecified atom stereocenters. The first-order valence-corrected chi connectivity index (χ1v) is 12.7. The molecule has 0 atom stereocenters. The summed E-state index contributed by atoms with van der Waals surface area (Å²) < 4.78 is 118. The summed E-state index contributed by atoms with van der Waals surface area (Å²) in [6, 6.07) is 6.91. The molecule has 0 saturated carbocycles. The molecule has 4 rings (SSSR count). The van der Waals surface area contributed by atoms with Crippen molar-refractivity contribution in [3.63, 3.8) is 0 Å². The monoisotopic (exact) mass is 614 g/mol. The van der Waals surface area contributed by atoms with Crippen LogP contribution in [0.4, 0.5) is 40.8 Å². The molecule has 1 aliphatic carbocycles. The Morgan fingerprint density at radius 2 is 1.67 bits per heavy atom. The highest BCUT2D eigenvalue weighted by Gasteiger charge is 2.39. The van der Waals surface area contributed by atoms with Crippen LogP contribution in [0.2, 0.25) is 0 Å². The van der Waals surface area contributed by atoms with Gasteiger partial charge in [-0.2, -0.15) is 26.3 Å². The van der Waals surface area contributed by atoms with E-state index in [1.54, 1.807) is 5.32 Å². The molecule has 0 fully saturated rings. The van der Waals surface area contributed by atoms with Gasteiger partial charge < -0.3 is 14.8 Å². The van der Waals surface area contributed by atoms with Gasteiger partial charge >= 0.3 is 24.2 Å². The SMILES string of the molecule is CCOC(=O)c1cc(NC(=O)C(F)(F)F)cc(C2=C(c3cc(C(F)(F)F)cnc3OCc3ccc(F)cc3F)CCC2)c1. The van der Waals surface area contributed by atoms with Gasteiger partial charge in [-0.25, -0.2) is 18.6 Å². The third-order valence-electron chi connectivity index (χ3n) is 6.41. The van der Waals surface area contributed by atoms with Crippen LogP contribution >= 0.6 is 0 Å². The standard InChI is InChI=1S/C29H22F8N2O4/c1-2-42-26(40)17-8-16(9-20(10-17)39-27(41)29(35,36)37)21-4-3-5-22(21)23-11-18(28(32,33)34)13-38-25(23)43-14-15-6-7-19(30)12-24(15)31/h6-13H,2-5,14H2,1H3,(H,39,41). The van der Waals surface area contributed by atoms with E-state index in [9.17, 15) is 44.7 Å². The Morgan fingerprint density at radius 3 is 2.33 bits per heavy atom. The summed E-state index contributed by atoms with van der Waals surface area (Å²) in [5.41, 5.74) is -1.17. The zero-order valence-electron chi connectivity index (χ0n) is 22.3. The van der Waals surface area contributed by atoms with Crippen LogP contribution in [0.15, 0.2) is 48.7 Å². The quantitative estimate of drug-likeness (QED) is 0.208. The Kier molecular flexibility index (Phi) is 9.07. The maximum absolute atomic E-state index is 14.2. The largest absolute Gasteiger partial charge is 0.472 e. The molecular formula is C29H22F8N2O4. The third kappa shape index (κ3) is 7.48. The van der Waals surface area contributed by atoms with Gasteiger partial charge in [0, 0.05) is 29.1 Å². The predicted molar refractivity (Wildman–Crippen MR) is 138 cm³/mol. The molecule has 1 heterocycles. The van der Waals surface area contributed by atoms with Gasteiger partial charge in [-0.05, 0) is 79.3 Å². The van der Waals surface area contributed by atoms with E-state index in [4.69, 9.17) is 9.47 Å². The average molecular weight is 614 g/mol. The fourth-order valence-electron chi connectivity index (χ4n) is 4.49. The molecule has 1 N–H and O–H groups in total. The van der Waals surface area contributed by atoms with Crippen molar-refractivity contribution < 1.29 is 54.2 Å². The number of pyridine rings is 1. The van der Waals surface area contributed by atoms with Crippen molar-refractivity contribution in [2.45, 2.75) is 45.1 Å². The number of esters is 1. The second-order valence-electron chi connectivity index (χ2n) is 9.38. The van der Waals surface area contributed by atoms with Crippen LogP contribution in [0.1, 0.15) is 58.8 Å². The molecule has 0 spiro atoms. The van der Waals surface area contributed by atoms with Crippen LogP contribution in [-0.4, -0.2) is 29.6 Å². The summed E-state index contributed by atoms with van der Waals surface area (Å²) in [6.07, 6.45) is -8.69. The van der Waals surface area contributed by atoms with Crippen LogP contribution in [-0.2, 0) is 22.3 Å². The van der Waals surface area contributed by atoms with E-state index in [1.807, 2.05) is 0 Å². The highest BCUT2D eigenvalue weighted by Crippen LogP contribution is 2.44. The lowest BCUT2D eigenvalue weighted by atomic mass is 9.95. The van der Waals surface area contributed by atoms with Crippen LogP contribution in [0.25, 0.3) is 11.1 Å². The van der Waals surface area contributed by atoms with Crippen LogP contribution in [0, 0.1) is 11.6 Å². The lowest BCUT2D eigenvalue weighted by Gasteiger charge is -2.17. The number of nitrogens with one attached hydrogen (secondary N) is 1. The van der Waals surface area contributed by atoms with Gasteiger partial charge in [0.15, 0.2) is 0 Å². The Hall–Kier alpha value is -4.49. The summed E-state index contributed by atoms with van der Waals surface area (Å²) in [5, 5.41) is 1.68. The van der Waals surface area contributed by atoms with E-state index in [0.29, 0.717) is 24.3 Å². The number of carbonyl (C=O) groups is 2. The molecule has 2 aromatic carbocycles. The van der Waals surface area contributed by atoms with E-state index >= 15 is 0 Å². The maximum atomic E-state index is 14.2. The van der Waals surface area contributed by atoms with Crippen molar-refractivity contribution in [1.82, 2.24) is 4.98 Å². The first-order chi connectivity index (χ1) is 20.2. The van der Waals surface area contributed by atoms with Crippen LogP contribution < -0.4 is 10.1 Å². The van der Waals surface area contributed by atoms with Crippen molar-refractivity contribution in [3.8, 4) is 5.88 Å². The number of carbonyl (C=O) groups excluding carboxylic acids is 2. The highest BCUT2D eigenvalue weighted by molar-refractivity contribution is 6.00. The molecule has 3 aromatic rings. The molecule has 228 valence electrons. The van der Waals surface area contributed by atoms with Gasteiger partial charge in [-0.3, -0.25) is 4.79 Å². The molecule has 1 amide bonds. The number of anilines is 1. The minimum Gasteiger partial charge on any atom is -0.472 e. The number of alkyl halides is 6. The van der Waals surface area contributed by atoms with Gasteiger partial charge in [0.25, 0.3) is 0 Å². The van der Waals surface area contributed by atoms with Crippen LogP contribution in [0.5, 0.6) is 5.88 Å². The Balaban J connectivity index is 1.83. The summed E-state index contributed by atoms with van der Waals surface area (Å²) in [7, 11) is 0. The predicted octanol–water partition coefficient (Wildman–Crippen LogP) is 7.73. The zero-order chi connectivity index (χ0) is 31.5. The molecular weight excluding hydrogens is 592 g/mol. The van der Waals surface area contributed by atoms with Crippen LogP contribution in [0.3, 0.4) is 0 Å². The number of nitrogens with zero attached hydrogens (tertiary/aromatic N) is 1. The molecule has 0 bridgehead atoms. The van der Waals surface area contributed by atoms with Gasteiger partial charge in [-0.1, -0.05) is 0 Å². The maximum Gasteiger partial charge on any atom is 0.471 e. The zero-order valence-corrected chi connectivity index (χ0v) is 22.3. The number of hydrogen-bond acceptors (Lipinski definition) is 5. The number of allylic oxidation sites excluding steroid dienone is 2. The number of rotatable bonds is 8. The number of ether oxygens (including phenoxy) is 2. The molecule has 6 nitrogen and oxygen atoms in total. The molecule has 1 aromatic heterocycles. The fourth-order valence-corrected chi connectivity index (χ4v) is 4.49. The smallest absolute Gasteiger partial charge is 0.471 e. The van der Waals surface area contributed by atoms with Crippen molar-refractivity contribution in [1.29, 1.82) is 0 Å². The highest BCUT2D eigenvalue weighted by atomic mass is 19.4. The summed E-state index contributed by atoms with van der Waals surface area (Å²) in [4.78, 5) is 27.9. The molecule has 1 aliphatic rings. The lowest BCUT2D eigenvalue weighted by Crippen LogP contribution is -2.30. The summed E-state index contributed by atoms with van der Waals surface area (Å²) in [6.45, 7) is 0.935. The minimum absolute atomic E-state index is 0.0630. The second kappa shape index (κ2) is 12.4. The van der Waals surface area contributed by atoms with E-state index in [2.05, 4.69) is 4.98 Å². The number of benzene rings is 2.